The molecule has 0 unspecified atom stereocenters. The summed E-state index contributed by atoms with van der Waals surface area (Å²) in [5.74, 6) is 5.53. The lowest BCUT2D eigenvalue weighted by Gasteiger charge is -2.37. The van der Waals surface area contributed by atoms with Crippen molar-refractivity contribution in [1.82, 2.24) is 14.8 Å². The molecule has 0 spiro atoms. The van der Waals surface area contributed by atoms with Crippen molar-refractivity contribution in [2.75, 3.05) is 40.5 Å². The average Bonchev–Trinajstić information content (AvgIpc) is 2.70. The number of aromatic nitrogens is 1. The fourth-order valence-corrected chi connectivity index (χ4v) is 3.00. The molecular weight excluding hydrogens is 374 g/mol. The lowest BCUT2D eigenvalue weighted by atomic mass is 10.00. The molecule has 2 heterocycles. The SMILES string of the molecule is COCC#Cc1cnc2c(c1)C(=O)N([C@@H](C)CO)C[C@H](C)[C@H](CN(C)C(C)=O)O2. The molecule has 0 aliphatic carbocycles. The number of methoxy groups -OCH3 is 1. The summed E-state index contributed by atoms with van der Waals surface area (Å²) < 4.78 is 11.0. The van der Waals surface area contributed by atoms with Crippen LogP contribution in [0.3, 0.4) is 0 Å². The minimum absolute atomic E-state index is 0.0727. The van der Waals surface area contributed by atoms with Crippen LogP contribution in [-0.4, -0.2) is 84.3 Å². The lowest BCUT2D eigenvalue weighted by Crippen LogP contribution is -2.50. The molecular formula is C21H29N3O5. The molecule has 1 aromatic rings. The summed E-state index contributed by atoms with van der Waals surface area (Å²) in [6.45, 7) is 6.10. The highest BCUT2D eigenvalue weighted by atomic mass is 16.5. The van der Waals surface area contributed by atoms with Crippen molar-refractivity contribution >= 4 is 11.8 Å². The van der Waals surface area contributed by atoms with Crippen LogP contribution in [0.4, 0.5) is 0 Å². The molecule has 0 saturated heterocycles. The zero-order valence-electron chi connectivity index (χ0n) is 17.6. The molecule has 29 heavy (non-hydrogen) atoms. The largest absolute Gasteiger partial charge is 0.472 e. The van der Waals surface area contributed by atoms with E-state index in [2.05, 4.69) is 16.8 Å². The van der Waals surface area contributed by atoms with Gasteiger partial charge in [-0.05, 0) is 13.0 Å². The fraction of sp³-hybridized carbons (Fsp3) is 0.571. The number of hydrogen-bond donors (Lipinski definition) is 1. The number of likely N-dealkylation sites (N-methyl/N-ethyl adjacent to an activating group) is 1. The molecule has 0 saturated carbocycles. The first-order chi connectivity index (χ1) is 13.8. The first kappa shape index (κ1) is 22.7. The van der Waals surface area contributed by atoms with E-state index in [1.54, 1.807) is 43.1 Å². The van der Waals surface area contributed by atoms with Crippen molar-refractivity contribution in [3.8, 4) is 17.7 Å². The monoisotopic (exact) mass is 403 g/mol. The zero-order valence-corrected chi connectivity index (χ0v) is 17.6. The molecule has 1 aromatic heterocycles. The summed E-state index contributed by atoms with van der Waals surface area (Å²) in [4.78, 5) is 32.4. The third kappa shape index (κ3) is 5.68. The predicted molar refractivity (Wildman–Crippen MR) is 107 cm³/mol. The van der Waals surface area contributed by atoms with Crippen molar-refractivity contribution < 1.29 is 24.2 Å². The van der Waals surface area contributed by atoms with E-state index in [4.69, 9.17) is 9.47 Å². The second-order valence-electron chi connectivity index (χ2n) is 7.33. The molecule has 2 rings (SSSR count). The number of rotatable bonds is 5. The van der Waals surface area contributed by atoms with E-state index in [0.717, 1.165) is 0 Å². The Morgan fingerprint density at radius 2 is 2.28 bits per heavy atom. The number of nitrogens with zero attached hydrogens (tertiary/aromatic N) is 3. The number of carbonyl (C=O) groups is 2. The minimum Gasteiger partial charge on any atom is -0.472 e. The van der Waals surface area contributed by atoms with E-state index in [1.165, 1.54) is 6.92 Å². The van der Waals surface area contributed by atoms with E-state index in [0.29, 0.717) is 18.7 Å². The summed E-state index contributed by atoms with van der Waals surface area (Å²) in [5, 5.41) is 9.65. The Morgan fingerprint density at radius 3 is 2.90 bits per heavy atom. The molecule has 0 bridgehead atoms. The van der Waals surface area contributed by atoms with Gasteiger partial charge in [0.25, 0.3) is 5.91 Å². The second kappa shape index (κ2) is 10.2. The molecule has 3 atom stereocenters. The third-order valence-corrected chi connectivity index (χ3v) is 4.96. The number of fused-ring (bicyclic) bond motifs is 1. The van der Waals surface area contributed by atoms with Gasteiger partial charge in [0.05, 0.1) is 19.2 Å². The Kier molecular flexibility index (Phi) is 8.00. The fourth-order valence-electron chi connectivity index (χ4n) is 3.00. The Hall–Kier alpha value is -2.63. The van der Waals surface area contributed by atoms with E-state index in [9.17, 15) is 14.7 Å². The van der Waals surface area contributed by atoms with Crippen LogP contribution in [-0.2, 0) is 9.53 Å². The molecule has 0 fully saturated rings. The molecule has 0 radical (unpaired) electrons. The van der Waals surface area contributed by atoms with Gasteiger partial charge in [-0.2, -0.15) is 0 Å². The molecule has 158 valence electrons. The quantitative estimate of drug-likeness (QED) is 0.731. The van der Waals surface area contributed by atoms with Crippen LogP contribution in [0.1, 0.15) is 36.7 Å². The smallest absolute Gasteiger partial charge is 0.259 e. The number of aliphatic hydroxyl groups excluding tert-OH is 1. The highest BCUT2D eigenvalue weighted by molar-refractivity contribution is 5.97. The molecule has 0 aromatic carbocycles. The lowest BCUT2D eigenvalue weighted by molar-refractivity contribution is -0.129. The van der Waals surface area contributed by atoms with Gasteiger partial charge in [-0.15, -0.1) is 0 Å². The predicted octanol–water partition coefficient (Wildman–Crippen LogP) is 0.778. The van der Waals surface area contributed by atoms with Crippen LogP contribution in [0, 0.1) is 17.8 Å². The Morgan fingerprint density at radius 1 is 1.55 bits per heavy atom. The normalized spacial score (nSPS) is 19.8. The minimum atomic E-state index is -0.370. The van der Waals surface area contributed by atoms with Crippen LogP contribution in [0.15, 0.2) is 12.3 Å². The summed E-state index contributed by atoms with van der Waals surface area (Å²) >= 11 is 0. The van der Waals surface area contributed by atoms with Crippen LogP contribution < -0.4 is 4.74 Å². The van der Waals surface area contributed by atoms with Crippen molar-refractivity contribution in [2.45, 2.75) is 32.9 Å². The summed E-state index contributed by atoms with van der Waals surface area (Å²) in [6.07, 6.45) is 1.19. The van der Waals surface area contributed by atoms with Crippen molar-refractivity contribution in [1.29, 1.82) is 0 Å². The van der Waals surface area contributed by atoms with Gasteiger partial charge in [0.2, 0.25) is 11.8 Å². The molecule has 2 amide bonds. The van der Waals surface area contributed by atoms with E-state index in [1.807, 2.05) is 6.92 Å². The van der Waals surface area contributed by atoms with Gasteiger partial charge in [-0.1, -0.05) is 18.8 Å². The molecule has 8 nitrogen and oxygen atoms in total. The van der Waals surface area contributed by atoms with Gasteiger partial charge < -0.3 is 24.4 Å². The topological polar surface area (TPSA) is 92.2 Å². The summed E-state index contributed by atoms with van der Waals surface area (Å²) in [7, 11) is 3.26. The number of amides is 2. The van der Waals surface area contributed by atoms with Crippen molar-refractivity contribution in [3.05, 3.63) is 23.4 Å². The van der Waals surface area contributed by atoms with E-state index in [-0.39, 0.29) is 54.5 Å². The highest BCUT2D eigenvalue weighted by Crippen LogP contribution is 2.27. The maximum Gasteiger partial charge on any atom is 0.259 e. The Bertz CT molecular complexity index is 801. The Balaban J connectivity index is 2.46. The second-order valence-corrected chi connectivity index (χ2v) is 7.33. The van der Waals surface area contributed by atoms with Gasteiger partial charge in [0.1, 0.15) is 18.3 Å². The van der Waals surface area contributed by atoms with Crippen LogP contribution in [0.25, 0.3) is 0 Å². The van der Waals surface area contributed by atoms with Gasteiger partial charge in [0.15, 0.2) is 0 Å². The van der Waals surface area contributed by atoms with Crippen molar-refractivity contribution in [2.24, 2.45) is 5.92 Å². The summed E-state index contributed by atoms with van der Waals surface area (Å²) in [5.41, 5.74) is 0.859. The molecule has 1 aliphatic rings. The Labute approximate surface area is 171 Å². The van der Waals surface area contributed by atoms with Crippen LogP contribution in [0.2, 0.25) is 0 Å². The number of ether oxygens (including phenoxy) is 2. The maximum absolute atomic E-state index is 13.2. The summed E-state index contributed by atoms with van der Waals surface area (Å²) in [6, 6.07) is 1.27. The average molecular weight is 403 g/mol. The first-order valence-corrected chi connectivity index (χ1v) is 9.56. The maximum atomic E-state index is 13.2. The molecule has 1 aliphatic heterocycles. The third-order valence-electron chi connectivity index (χ3n) is 4.96. The number of hydrogen-bond acceptors (Lipinski definition) is 6. The number of pyridine rings is 1. The van der Waals surface area contributed by atoms with E-state index < -0.39 is 0 Å². The zero-order chi connectivity index (χ0) is 21.6. The van der Waals surface area contributed by atoms with Gasteiger partial charge in [0, 0.05) is 45.3 Å². The van der Waals surface area contributed by atoms with Gasteiger partial charge in [-0.3, -0.25) is 9.59 Å². The number of carbonyl (C=O) groups excluding carboxylic acids is 2. The molecule has 8 heteroatoms. The number of aliphatic hydroxyl groups is 1. The van der Waals surface area contributed by atoms with Gasteiger partial charge >= 0.3 is 0 Å². The van der Waals surface area contributed by atoms with Crippen molar-refractivity contribution in [3.63, 3.8) is 0 Å². The van der Waals surface area contributed by atoms with Crippen LogP contribution >= 0.6 is 0 Å². The highest BCUT2D eigenvalue weighted by Gasteiger charge is 2.34. The first-order valence-electron chi connectivity index (χ1n) is 9.56. The van der Waals surface area contributed by atoms with Gasteiger partial charge in [-0.25, -0.2) is 4.98 Å². The molecule has 1 N–H and O–H groups in total. The standard InChI is InChI=1S/C21H29N3O5/c1-14-11-24(15(2)13-25)21(27)18-9-17(7-6-8-28-5)10-22-20(18)29-19(14)12-23(4)16(3)26/h9-10,14-15,19,25H,8,11-13H2,1-5H3/t14-,15-,19-/m0/s1. The van der Waals surface area contributed by atoms with E-state index >= 15 is 0 Å². The van der Waals surface area contributed by atoms with Crippen LogP contribution in [0.5, 0.6) is 5.88 Å².